The molecule has 2 aliphatic rings. The zero-order chi connectivity index (χ0) is 64.7. The van der Waals surface area contributed by atoms with E-state index in [1.165, 1.54) is 105 Å². The highest BCUT2D eigenvalue weighted by molar-refractivity contribution is 6.99. The lowest BCUT2D eigenvalue weighted by Crippen LogP contribution is -2.59. The SMILES string of the molecule is CC(C)(C)c1cc(-c2ccc3c(c2)B2c4cc(-c5cc(C(C)(C)C)cc(C(C)(C)C)c5)ccc4N(c4c(-c5cc(C(C)(C)C)cc(C(C)(C)C)c5)cccc4-c4cc(C(C)(C)C)cc(C(C)(C)C)c4)c4cc(-c5ccccc5)cc(c42)O3)cc(C(C)(C)C)c1. The van der Waals surface area contributed by atoms with Gasteiger partial charge in [0.2, 0.25) is 0 Å². The molecule has 9 aromatic carbocycles. The standard InChI is InChI=1S/C86H100BNO/c1-79(2,3)61-37-56(38-62(49-61)80(4,5)6)54-33-35-73-71(45-54)87-72-46-55(57-39-63(81(7,8)9)50-64(40-57)82(10,11)12)34-36-75(72)89-76-48-58(53-29-26-25-27-30-53)47-74(77(76)87)88(73)78-69(59-41-65(83(13,14)15)51-66(42-59)84(16,17)18)31-28-32-70(78)60-43-67(85(19,20)21)52-68(44-60)86(22,23)24/h25-52H,1-24H3. The Morgan fingerprint density at radius 3 is 0.989 bits per heavy atom. The van der Waals surface area contributed by atoms with Crippen molar-refractivity contribution >= 4 is 40.2 Å². The van der Waals surface area contributed by atoms with Gasteiger partial charge in [-0.15, -0.1) is 0 Å². The van der Waals surface area contributed by atoms with Gasteiger partial charge in [-0.2, -0.15) is 0 Å². The van der Waals surface area contributed by atoms with Crippen LogP contribution in [0.4, 0.5) is 17.1 Å². The Morgan fingerprint density at radius 2 is 0.607 bits per heavy atom. The highest BCUT2D eigenvalue weighted by Gasteiger charge is 2.44. The number of benzene rings is 9. The van der Waals surface area contributed by atoms with Crippen LogP contribution in [0.1, 0.15) is 211 Å². The zero-order valence-corrected chi connectivity index (χ0v) is 58.6. The third-order valence-electron chi connectivity index (χ3n) is 19.1. The highest BCUT2D eigenvalue weighted by atomic mass is 16.5. The van der Waals surface area contributed by atoms with E-state index in [0.717, 1.165) is 39.7 Å². The van der Waals surface area contributed by atoms with Gasteiger partial charge in [0.25, 0.3) is 6.71 Å². The first-order chi connectivity index (χ1) is 41.1. The molecule has 89 heavy (non-hydrogen) atoms. The van der Waals surface area contributed by atoms with E-state index in [1.54, 1.807) is 0 Å². The number of ether oxygens (including phenoxy) is 1. The molecule has 0 aromatic heterocycles. The van der Waals surface area contributed by atoms with Gasteiger partial charge in [0.05, 0.1) is 5.69 Å². The van der Waals surface area contributed by atoms with Crippen LogP contribution in [-0.4, -0.2) is 6.71 Å². The molecule has 0 atom stereocenters. The highest BCUT2D eigenvalue weighted by Crippen LogP contribution is 2.52. The monoisotopic (exact) mass is 1170 g/mol. The molecule has 3 heteroatoms. The molecule has 11 rings (SSSR count). The van der Waals surface area contributed by atoms with Crippen LogP contribution in [0.5, 0.6) is 11.5 Å². The van der Waals surface area contributed by atoms with Gasteiger partial charge in [0, 0.05) is 22.5 Å². The lowest BCUT2D eigenvalue weighted by molar-refractivity contribution is 0.488. The second kappa shape index (κ2) is 21.7. The van der Waals surface area contributed by atoms with Crippen LogP contribution in [0.3, 0.4) is 0 Å². The molecule has 0 bridgehead atoms. The predicted molar refractivity (Wildman–Crippen MR) is 389 cm³/mol. The molecule has 2 aliphatic heterocycles. The molecule has 458 valence electrons. The van der Waals surface area contributed by atoms with Gasteiger partial charge in [-0.3, -0.25) is 0 Å². The summed E-state index contributed by atoms with van der Waals surface area (Å²) in [4.78, 5) is 2.68. The molecule has 0 saturated heterocycles. The van der Waals surface area contributed by atoms with Crippen molar-refractivity contribution in [3.05, 3.63) is 214 Å². The van der Waals surface area contributed by atoms with E-state index < -0.39 is 0 Å². The maximum atomic E-state index is 7.57. The maximum Gasteiger partial charge on any atom is 0.256 e. The summed E-state index contributed by atoms with van der Waals surface area (Å²) in [6.45, 7) is 56.2. The molecule has 0 radical (unpaired) electrons. The number of rotatable bonds is 6. The fraction of sp³-hybridized carbons (Fsp3) is 0.372. The molecule has 0 amide bonds. The molecule has 2 nitrogen and oxygen atoms in total. The van der Waals surface area contributed by atoms with Crippen LogP contribution in [0.2, 0.25) is 0 Å². The van der Waals surface area contributed by atoms with Crippen molar-refractivity contribution in [1.29, 1.82) is 0 Å². The zero-order valence-electron chi connectivity index (χ0n) is 58.6. The van der Waals surface area contributed by atoms with E-state index in [4.69, 9.17) is 4.74 Å². The summed E-state index contributed by atoms with van der Waals surface area (Å²) in [5.74, 6) is 1.78. The Balaban J connectivity index is 1.32. The molecule has 0 fully saturated rings. The molecule has 2 heterocycles. The van der Waals surface area contributed by atoms with Crippen LogP contribution < -0.4 is 26.0 Å². The second-order valence-corrected chi connectivity index (χ2v) is 34.6. The third-order valence-corrected chi connectivity index (χ3v) is 19.1. The van der Waals surface area contributed by atoms with Crippen molar-refractivity contribution in [2.45, 2.75) is 209 Å². The average molecular weight is 1170 g/mol. The summed E-state index contributed by atoms with van der Waals surface area (Å²) in [5.41, 5.74) is 29.0. The lowest BCUT2D eigenvalue weighted by atomic mass is 9.34. The Kier molecular flexibility index (Phi) is 15.4. The van der Waals surface area contributed by atoms with Crippen molar-refractivity contribution in [1.82, 2.24) is 0 Å². The summed E-state index contributed by atoms with van der Waals surface area (Å²) in [6.07, 6.45) is 0. The number of hydrogen-bond donors (Lipinski definition) is 0. The van der Waals surface area contributed by atoms with Crippen molar-refractivity contribution in [3.63, 3.8) is 0 Å². The molecular formula is C86H100BNO. The first-order valence-electron chi connectivity index (χ1n) is 32.9. The van der Waals surface area contributed by atoms with E-state index in [9.17, 15) is 0 Å². The first-order valence-corrected chi connectivity index (χ1v) is 32.9. The van der Waals surface area contributed by atoms with E-state index >= 15 is 0 Å². The van der Waals surface area contributed by atoms with Crippen LogP contribution >= 0.6 is 0 Å². The average Bonchev–Trinajstić information content (AvgIpc) is 0.710. The van der Waals surface area contributed by atoms with Crippen LogP contribution in [0.25, 0.3) is 55.6 Å². The summed E-state index contributed by atoms with van der Waals surface area (Å²) in [6, 6.07) is 67.0. The van der Waals surface area contributed by atoms with E-state index in [0.29, 0.717) is 0 Å². The number of fused-ring (bicyclic) bond motifs is 4. The summed E-state index contributed by atoms with van der Waals surface area (Å²) < 4.78 is 7.57. The first kappa shape index (κ1) is 63.2. The molecule has 0 N–H and O–H groups in total. The van der Waals surface area contributed by atoms with Crippen LogP contribution in [0.15, 0.2) is 170 Å². The Bertz CT molecular complexity index is 4000. The molecular weight excluding hydrogens is 1070 g/mol. The summed E-state index contributed by atoms with van der Waals surface area (Å²) >= 11 is 0. The quantitative estimate of drug-likeness (QED) is 0.154. The minimum Gasteiger partial charge on any atom is -0.458 e. The lowest BCUT2D eigenvalue weighted by Gasteiger charge is -2.42. The van der Waals surface area contributed by atoms with Crippen LogP contribution in [0, 0.1) is 0 Å². The second-order valence-electron chi connectivity index (χ2n) is 34.6. The number of nitrogens with zero attached hydrogens (tertiary/aromatic N) is 1. The van der Waals surface area contributed by atoms with Gasteiger partial charge in [-0.1, -0.05) is 312 Å². The van der Waals surface area contributed by atoms with Gasteiger partial charge in [-0.05, 0) is 173 Å². The predicted octanol–water partition coefficient (Wildman–Crippen LogP) is 22.8. The Morgan fingerprint density at radius 1 is 0.258 bits per heavy atom. The smallest absolute Gasteiger partial charge is 0.256 e. The fourth-order valence-electron chi connectivity index (χ4n) is 13.0. The van der Waals surface area contributed by atoms with Crippen molar-refractivity contribution < 1.29 is 4.74 Å². The Hall–Kier alpha value is -7.36. The largest absolute Gasteiger partial charge is 0.458 e. The number of hydrogen-bond acceptors (Lipinski definition) is 2. The topological polar surface area (TPSA) is 12.5 Å². The fourth-order valence-corrected chi connectivity index (χ4v) is 13.0. The van der Waals surface area contributed by atoms with Gasteiger partial charge < -0.3 is 9.64 Å². The molecule has 0 saturated carbocycles. The van der Waals surface area contributed by atoms with Gasteiger partial charge in [-0.25, -0.2) is 0 Å². The van der Waals surface area contributed by atoms with Crippen molar-refractivity contribution in [2.24, 2.45) is 0 Å². The minimum absolute atomic E-state index is 0.0448. The molecule has 0 aliphatic carbocycles. The van der Waals surface area contributed by atoms with E-state index in [-0.39, 0.29) is 50.0 Å². The summed E-state index contributed by atoms with van der Waals surface area (Å²) in [7, 11) is 0. The van der Waals surface area contributed by atoms with E-state index in [1.807, 2.05) is 0 Å². The van der Waals surface area contributed by atoms with Gasteiger partial charge in [0.15, 0.2) is 0 Å². The Labute approximate surface area is 537 Å². The normalized spacial score (nSPS) is 13.9. The number of para-hydroxylation sites is 1. The van der Waals surface area contributed by atoms with Gasteiger partial charge in [0.1, 0.15) is 11.5 Å². The molecule has 0 unspecified atom stereocenters. The van der Waals surface area contributed by atoms with Crippen molar-refractivity contribution in [3.8, 4) is 67.1 Å². The third kappa shape index (κ3) is 12.4. The van der Waals surface area contributed by atoms with Gasteiger partial charge >= 0.3 is 0 Å². The molecule has 9 aromatic rings. The minimum atomic E-state index is -0.190. The van der Waals surface area contributed by atoms with E-state index in [2.05, 4.69) is 341 Å². The maximum absolute atomic E-state index is 7.57. The number of anilines is 3. The van der Waals surface area contributed by atoms with Crippen LogP contribution in [-0.2, 0) is 43.3 Å². The van der Waals surface area contributed by atoms with Crippen molar-refractivity contribution in [2.75, 3.05) is 4.90 Å². The molecule has 0 spiro atoms. The summed E-state index contributed by atoms with van der Waals surface area (Å²) in [5, 5.41) is 0.